The summed E-state index contributed by atoms with van der Waals surface area (Å²) < 4.78 is 5.82. The van der Waals surface area contributed by atoms with Gasteiger partial charge in [0.2, 0.25) is 0 Å². The molecular formula is C17H28ClNO3. The summed E-state index contributed by atoms with van der Waals surface area (Å²) in [7, 11) is 0. The number of para-hydroxylation sites is 1. The Labute approximate surface area is 139 Å². The summed E-state index contributed by atoms with van der Waals surface area (Å²) in [5, 5.41) is 19.4. The van der Waals surface area contributed by atoms with Crippen molar-refractivity contribution in [1.29, 1.82) is 0 Å². The van der Waals surface area contributed by atoms with Crippen molar-refractivity contribution in [2.24, 2.45) is 0 Å². The predicted octanol–water partition coefficient (Wildman–Crippen LogP) is 2.62. The maximum Gasteiger partial charge on any atom is 0.0948 e. The Morgan fingerprint density at radius 2 is 1.82 bits per heavy atom. The van der Waals surface area contributed by atoms with Gasteiger partial charge in [-0.25, -0.2) is 0 Å². The van der Waals surface area contributed by atoms with Gasteiger partial charge in [0.05, 0.1) is 25.4 Å². The quantitative estimate of drug-likeness (QED) is 0.770. The largest absolute Gasteiger partial charge is 0.395 e. The molecule has 1 saturated carbocycles. The molecule has 0 radical (unpaired) electrons. The molecule has 1 aliphatic carbocycles. The van der Waals surface area contributed by atoms with Gasteiger partial charge >= 0.3 is 0 Å². The molecule has 2 rings (SSSR count). The molecule has 22 heavy (non-hydrogen) atoms. The zero-order chi connectivity index (χ0) is 14.9. The number of anilines is 1. The summed E-state index contributed by atoms with van der Waals surface area (Å²) in [6.07, 6.45) is 5.80. The normalized spacial score (nSPS) is 16.8. The lowest BCUT2D eigenvalue weighted by Gasteiger charge is -2.28. The number of aliphatic hydroxyl groups excluding tert-OH is 2. The standard InChI is InChI=1S/C17H27NO3.ClH/c19-12-11-18(15-7-3-1-4-8-15)13-16(20)14-21-17-9-5-2-6-10-17;/h1,3-4,7-8,16-17,19-20H,2,5-6,9-14H2;1H. The first kappa shape index (κ1) is 19.2. The van der Waals surface area contributed by atoms with Crippen LogP contribution in [0.1, 0.15) is 32.1 Å². The lowest BCUT2D eigenvalue weighted by Crippen LogP contribution is -2.37. The van der Waals surface area contributed by atoms with Crippen LogP contribution in [0.4, 0.5) is 5.69 Å². The molecule has 1 aromatic rings. The van der Waals surface area contributed by atoms with Crippen molar-refractivity contribution in [2.45, 2.75) is 44.3 Å². The fraction of sp³-hybridized carbons (Fsp3) is 0.647. The molecule has 0 amide bonds. The minimum Gasteiger partial charge on any atom is -0.395 e. The first-order chi connectivity index (χ1) is 10.3. The maximum atomic E-state index is 10.2. The molecule has 126 valence electrons. The summed E-state index contributed by atoms with van der Waals surface area (Å²) in [4.78, 5) is 1.99. The van der Waals surface area contributed by atoms with Crippen molar-refractivity contribution in [3.05, 3.63) is 30.3 Å². The average molecular weight is 330 g/mol. The van der Waals surface area contributed by atoms with Crippen molar-refractivity contribution < 1.29 is 14.9 Å². The number of rotatable bonds is 8. The van der Waals surface area contributed by atoms with E-state index in [2.05, 4.69) is 0 Å². The van der Waals surface area contributed by atoms with Crippen molar-refractivity contribution in [3.8, 4) is 0 Å². The van der Waals surface area contributed by atoms with Crippen LogP contribution in [0.15, 0.2) is 30.3 Å². The number of nitrogens with zero attached hydrogens (tertiary/aromatic N) is 1. The van der Waals surface area contributed by atoms with Gasteiger partial charge < -0.3 is 19.8 Å². The van der Waals surface area contributed by atoms with Gasteiger partial charge in [-0.05, 0) is 25.0 Å². The minimum atomic E-state index is -0.529. The molecule has 1 atom stereocenters. The Morgan fingerprint density at radius 1 is 1.14 bits per heavy atom. The van der Waals surface area contributed by atoms with E-state index in [1.165, 1.54) is 19.3 Å². The Bertz CT molecular complexity index is 385. The molecule has 0 heterocycles. The molecule has 0 spiro atoms. The predicted molar refractivity (Wildman–Crippen MR) is 91.8 cm³/mol. The number of halogens is 1. The number of hydrogen-bond donors (Lipinski definition) is 2. The molecule has 1 aliphatic rings. The van der Waals surface area contributed by atoms with Crippen LogP contribution in [0.5, 0.6) is 0 Å². The lowest BCUT2D eigenvalue weighted by atomic mass is 9.98. The van der Waals surface area contributed by atoms with Gasteiger partial charge in [0.15, 0.2) is 0 Å². The number of hydrogen-bond acceptors (Lipinski definition) is 4. The summed E-state index contributed by atoms with van der Waals surface area (Å²) in [5.74, 6) is 0. The van der Waals surface area contributed by atoms with E-state index in [4.69, 9.17) is 4.74 Å². The first-order valence-corrected chi connectivity index (χ1v) is 8.00. The van der Waals surface area contributed by atoms with Crippen LogP contribution in [-0.2, 0) is 4.74 Å². The fourth-order valence-electron chi connectivity index (χ4n) is 2.87. The van der Waals surface area contributed by atoms with Gasteiger partial charge in [-0.3, -0.25) is 0 Å². The fourth-order valence-corrected chi connectivity index (χ4v) is 2.87. The van der Waals surface area contributed by atoms with Crippen molar-refractivity contribution >= 4 is 18.1 Å². The van der Waals surface area contributed by atoms with E-state index >= 15 is 0 Å². The summed E-state index contributed by atoms with van der Waals surface area (Å²) in [6, 6.07) is 9.87. The highest BCUT2D eigenvalue weighted by molar-refractivity contribution is 5.85. The summed E-state index contributed by atoms with van der Waals surface area (Å²) >= 11 is 0. The van der Waals surface area contributed by atoms with Crippen LogP contribution in [0, 0.1) is 0 Å². The molecule has 1 unspecified atom stereocenters. The molecule has 0 saturated heterocycles. The third-order valence-electron chi connectivity index (χ3n) is 4.00. The third kappa shape index (κ3) is 6.53. The van der Waals surface area contributed by atoms with E-state index < -0.39 is 6.10 Å². The average Bonchev–Trinajstić information content (AvgIpc) is 2.54. The Hall–Kier alpha value is -0.810. The molecule has 1 aromatic carbocycles. The topological polar surface area (TPSA) is 52.9 Å². The van der Waals surface area contributed by atoms with E-state index in [9.17, 15) is 10.2 Å². The van der Waals surface area contributed by atoms with Crippen LogP contribution in [-0.4, -0.2) is 48.7 Å². The van der Waals surface area contributed by atoms with Gasteiger partial charge in [0, 0.05) is 18.8 Å². The molecule has 2 N–H and O–H groups in total. The van der Waals surface area contributed by atoms with E-state index in [1.54, 1.807) is 0 Å². The molecule has 0 bridgehead atoms. The highest BCUT2D eigenvalue weighted by Gasteiger charge is 2.17. The van der Waals surface area contributed by atoms with Gasteiger partial charge in [0.1, 0.15) is 0 Å². The second-order valence-corrected chi connectivity index (χ2v) is 5.75. The van der Waals surface area contributed by atoms with Gasteiger partial charge in [-0.15, -0.1) is 12.4 Å². The minimum absolute atomic E-state index is 0. The summed E-state index contributed by atoms with van der Waals surface area (Å²) in [5.41, 5.74) is 1.02. The Kier molecular flexibility index (Phi) is 9.48. The number of benzene rings is 1. The van der Waals surface area contributed by atoms with Gasteiger partial charge in [0.25, 0.3) is 0 Å². The smallest absolute Gasteiger partial charge is 0.0948 e. The zero-order valence-corrected chi connectivity index (χ0v) is 13.9. The van der Waals surface area contributed by atoms with E-state index in [1.807, 2.05) is 35.2 Å². The van der Waals surface area contributed by atoms with Crippen molar-refractivity contribution in [2.75, 3.05) is 31.2 Å². The highest BCUT2D eigenvalue weighted by atomic mass is 35.5. The van der Waals surface area contributed by atoms with Crippen LogP contribution >= 0.6 is 12.4 Å². The highest BCUT2D eigenvalue weighted by Crippen LogP contribution is 2.20. The van der Waals surface area contributed by atoms with Crippen LogP contribution in [0.2, 0.25) is 0 Å². The monoisotopic (exact) mass is 329 g/mol. The van der Waals surface area contributed by atoms with Crippen LogP contribution < -0.4 is 4.90 Å². The van der Waals surface area contributed by atoms with E-state index in [0.29, 0.717) is 25.8 Å². The molecule has 0 aromatic heterocycles. The maximum absolute atomic E-state index is 10.2. The Balaban J connectivity index is 0.00000242. The molecule has 5 heteroatoms. The zero-order valence-electron chi connectivity index (χ0n) is 13.1. The molecule has 4 nitrogen and oxygen atoms in total. The first-order valence-electron chi connectivity index (χ1n) is 8.00. The number of aliphatic hydroxyl groups is 2. The van der Waals surface area contributed by atoms with Crippen LogP contribution in [0.25, 0.3) is 0 Å². The second kappa shape index (κ2) is 10.8. The Morgan fingerprint density at radius 3 is 2.45 bits per heavy atom. The van der Waals surface area contributed by atoms with Crippen molar-refractivity contribution in [1.82, 2.24) is 0 Å². The van der Waals surface area contributed by atoms with E-state index in [0.717, 1.165) is 18.5 Å². The molecule has 0 aliphatic heterocycles. The summed E-state index contributed by atoms with van der Waals surface area (Å²) in [6.45, 7) is 1.45. The molecule has 1 fully saturated rings. The third-order valence-corrected chi connectivity index (χ3v) is 4.00. The van der Waals surface area contributed by atoms with Gasteiger partial charge in [-0.2, -0.15) is 0 Å². The second-order valence-electron chi connectivity index (χ2n) is 5.75. The van der Waals surface area contributed by atoms with E-state index in [-0.39, 0.29) is 19.0 Å². The molecular weight excluding hydrogens is 302 g/mol. The van der Waals surface area contributed by atoms with Crippen LogP contribution in [0.3, 0.4) is 0 Å². The lowest BCUT2D eigenvalue weighted by molar-refractivity contribution is -0.0212. The van der Waals surface area contributed by atoms with Crippen molar-refractivity contribution in [3.63, 3.8) is 0 Å². The SMILES string of the molecule is Cl.OCCN(CC(O)COC1CCCCC1)c1ccccc1. The number of ether oxygens (including phenoxy) is 1. The van der Waals surface area contributed by atoms with Gasteiger partial charge in [-0.1, -0.05) is 37.5 Å².